The minimum atomic E-state index is -4.51. The van der Waals surface area contributed by atoms with Crippen LogP contribution in [-0.2, 0) is 37.6 Å². The molecule has 3 aromatic carbocycles. The molecule has 382 valence electrons. The first-order valence-electron chi connectivity index (χ1n) is 24.6. The van der Waals surface area contributed by atoms with Gasteiger partial charge in [-0.15, -0.1) is 0 Å². The van der Waals surface area contributed by atoms with Gasteiger partial charge in [-0.25, -0.2) is 9.37 Å². The number of likely N-dealkylation sites (tertiary alicyclic amines) is 1. The average molecular weight is 1030 g/mol. The average Bonchev–Trinajstić information content (AvgIpc) is 3.65. The highest BCUT2D eigenvalue weighted by Crippen LogP contribution is 2.49. The normalized spacial score (nSPS) is 21.0. The van der Waals surface area contributed by atoms with Crippen molar-refractivity contribution in [3.8, 4) is 22.3 Å². The van der Waals surface area contributed by atoms with E-state index < -0.39 is 47.1 Å². The van der Waals surface area contributed by atoms with Crippen LogP contribution in [0.15, 0.2) is 67.0 Å². The van der Waals surface area contributed by atoms with Gasteiger partial charge in [-0.2, -0.15) is 23.4 Å². The monoisotopic (exact) mass is 1020 g/mol. The molecule has 73 heavy (non-hydrogen) atoms. The number of aromatic amines is 1. The van der Waals surface area contributed by atoms with E-state index >= 15 is 4.39 Å². The summed E-state index contributed by atoms with van der Waals surface area (Å²) >= 11 is 6.83. The maximum atomic E-state index is 15.5. The SMILES string of the molecule is CC(C)(c1n[nH]c(CCC(=O)[C@H]2C[C@@H]2c2ccc(-c3ccc(-c4cnn(CC(=O)N5CCC(CN6CCN(c7cc8c(cc7F)C(=O)N(C7CCC(=O)NC7=O)C8=O)CC6)CC5)c4)c(Cl)c3)cc2)n1)C(F)(F)F. The summed E-state index contributed by atoms with van der Waals surface area (Å²) in [6.45, 7) is 6.56. The number of carbonyl (C=O) groups excluding carboxylic acids is 6. The molecule has 3 atom stereocenters. The molecule has 2 N–H and O–H groups in total. The molecule has 6 heterocycles. The lowest BCUT2D eigenvalue weighted by Crippen LogP contribution is -2.54. The van der Waals surface area contributed by atoms with E-state index in [1.165, 1.54) is 6.07 Å². The van der Waals surface area contributed by atoms with E-state index in [0.717, 1.165) is 72.0 Å². The van der Waals surface area contributed by atoms with Gasteiger partial charge in [-0.1, -0.05) is 48.0 Å². The molecule has 0 spiro atoms. The highest BCUT2D eigenvalue weighted by molar-refractivity contribution is 6.33. The fraction of sp³-hybridized carbons (Fsp3) is 0.442. The predicted octanol–water partition coefficient (Wildman–Crippen LogP) is 6.74. The third-order valence-corrected chi connectivity index (χ3v) is 15.5. The minimum Gasteiger partial charge on any atom is -0.367 e. The molecule has 5 aliphatic rings. The number of Topliss-reactive ketones (excluding diaryl/α,β-unsaturated/α-hetero) is 1. The van der Waals surface area contributed by atoms with Crippen molar-refractivity contribution in [3.63, 3.8) is 0 Å². The number of anilines is 1. The smallest absolute Gasteiger partial charge is 0.367 e. The Balaban J connectivity index is 0.658. The van der Waals surface area contributed by atoms with Gasteiger partial charge in [0.05, 0.1) is 23.0 Å². The second-order valence-corrected chi connectivity index (χ2v) is 20.7. The lowest BCUT2D eigenvalue weighted by molar-refractivity contribution is -0.182. The van der Waals surface area contributed by atoms with Crippen LogP contribution >= 0.6 is 11.6 Å². The number of H-pyrrole nitrogens is 1. The Kier molecular flexibility index (Phi) is 13.3. The summed E-state index contributed by atoms with van der Waals surface area (Å²) in [4.78, 5) is 87.9. The summed E-state index contributed by atoms with van der Waals surface area (Å²) in [6.07, 6.45) is 1.75. The van der Waals surface area contributed by atoms with Crippen LogP contribution < -0.4 is 10.2 Å². The van der Waals surface area contributed by atoms with Crippen molar-refractivity contribution in [2.75, 3.05) is 50.7 Å². The second-order valence-electron chi connectivity index (χ2n) is 20.3. The topological polar surface area (TPSA) is 187 Å². The van der Waals surface area contributed by atoms with Gasteiger partial charge in [-0.05, 0) is 86.3 Å². The molecular formula is C52H53ClF4N10O6. The number of carbonyl (C=O) groups is 6. The number of rotatable bonds is 14. The fourth-order valence-corrected chi connectivity index (χ4v) is 10.8. The van der Waals surface area contributed by atoms with Crippen LogP contribution in [0, 0.1) is 17.7 Å². The maximum absolute atomic E-state index is 15.5. The Morgan fingerprint density at radius 3 is 2.22 bits per heavy atom. The van der Waals surface area contributed by atoms with Gasteiger partial charge in [0, 0.05) is 93.3 Å². The van der Waals surface area contributed by atoms with Crippen LogP contribution in [0.25, 0.3) is 22.3 Å². The van der Waals surface area contributed by atoms with E-state index in [1.807, 2.05) is 58.5 Å². The van der Waals surface area contributed by atoms with Crippen molar-refractivity contribution < 1.29 is 46.3 Å². The molecule has 4 aliphatic heterocycles. The number of piperidine rings is 2. The largest absolute Gasteiger partial charge is 0.401 e. The summed E-state index contributed by atoms with van der Waals surface area (Å²) in [5.41, 5.74) is 2.41. The summed E-state index contributed by atoms with van der Waals surface area (Å²) in [5.74, 6) is -3.00. The standard InChI is InChI=1S/C52H53ClF4N10O6/c1-51(2,52(55,56)57)50-59-44(61-62-50)11-10-43(68)36-22-35(36)31-5-3-30(4-6-31)32-7-8-34(39(53)21-32)33-25-58-66(27-33)28-46(70)65-15-13-29(14-16-65)26-63-17-19-64(20-18-63)42-24-38-37(23-40(42)54)48(72)67(49(38)73)41-9-12-45(69)60-47(41)71/h3-8,21,23-25,27,29,35-36,41H,9-20,22,26,28H2,1-2H3,(H,59,61,62)(H,60,69,71)/t35-,36+,41?/m1/s1. The van der Waals surface area contributed by atoms with Gasteiger partial charge < -0.3 is 9.80 Å². The van der Waals surface area contributed by atoms with Gasteiger partial charge in [0.25, 0.3) is 11.8 Å². The molecule has 3 saturated heterocycles. The van der Waals surface area contributed by atoms with Crippen molar-refractivity contribution in [1.29, 1.82) is 0 Å². The zero-order valence-electron chi connectivity index (χ0n) is 40.2. The van der Waals surface area contributed by atoms with Crippen molar-refractivity contribution in [2.45, 2.75) is 88.9 Å². The number of halogens is 5. The third kappa shape index (κ3) is 10.0. The molecular weight excluding hydrogens is 972 g/mol. The van der Waals surface area contributed by atoms with E-state index in [4.69, 9.17) is 11.6 Å². The number of hydrogen-bond acceptors (Lipinski definition) is 11. The number of nitrogens with zero attached hydrogens (tertiary/aromatic N) is 8. The molecule has 21 heteroatoms. The Morgan fingerprint density at radius 1 is 0.836 bits per heavy atom. The third-order valence-electron chi connectivity index (χ3n) is 15.2. The number of piperazine rings is 1. The lowest BCUT2D eigenvalue weighted by Gasteiger charge is -2.39. The summed E-state index contributed by atoms with van der Waals surface area (Å²) < 4.78 is 57.3. The molecule has 5 aromatic rings. The molecule has 16 nitrogen and oxygen atoms in total. The van der Waals surface area contributed by atoms with Gasteiger partial charge in [0.1, 0.15) is 35.4 Å². The number of nitrogens with one attached hydrogen (secondary N) is 2. The molecule has 1 unspecified atom stereocenters. The van der Waals surface area contributed by atoms with E-state index in [9.17, 15) is 41.9 Å². The van der Waals surface area contributed by atoms with E-state index in [-0.39, 0.29) is 84.2 Å². The Bertz CT molecular complexity index is 3010. The van der Waals surface area contributed by atoms with Crippen LogP contribution in [0.2, 0.25) is 5.02 Å². The van der Waals surface area contributed by atoms with Crippen LogP contribution in [0.4, 0.5) is 23.2 Å². The zero-order chi connectivity index (χ0) is 51.5. The first kappa shape index (κ1) is 49.8. The summed E-state index contributed by atoms with van der Waals surface area (Å²) in [5, 5.41) is 13.5. The second kappa shape index (κ2) is 19.6. The Labute approximate surface area is 422 Å². The van der Waals surface area contributed by atoms with Crippen molar-refractivity contribution in [2.24, 2.45) is 11.8 Å². The Morgan fingerprint density at radius 2 is 1.53 bits per heavy atom. The number of amides is 5. The number of imide groups is 2. The molecule has 0 radical (unpaired) electrons. The van der Waals surface area contributed by atoms with E-state index in [0.29, 0.717) is 56.6 Å². The number of benzene rings is 3. The first-order valence-corrected chi connectivity index (χ1v) is 24.9. The van der Waals surface area contributed by atoms with Crippen molar-refractivity contribution in [3.05, 3.63) is 106 Å². The van der Waals surface area contributed by atoms with Gasteiger partial charge in [-0.3, -0.25) is 53.7 Å². The van der Waals surface area contributed by atoms with Crippen LogP contribution in [0.1, 0.15) is 96.2 Å². The highest BCUT2D eigenvalue weighted by atomic mass is 35.5. The van der Waals surface area contributed by atoms with Crippen molar-refractivity contribution in [1.82, 2.24) is 45.0 Å². The highest BCUT2D eigenvalue weighted by Gasteiger charge is 2.51. The van der Waals surface area contributed by atoms with Crippen LogP contribution in [0.3, 0.4) is 0 Å². The zero-order valence-corrected chi connectivity index (χ0v) is 40.9. The molecule has 1 aliphatic carbocycles. The van der Waals surface area contributed by atoms with Crippen LogP contribution in [-0.4, -0.2) is 133 Å². The minimum absolute atomic E-state index is 0.00445. The fourth-order valence-electron chi connectivity index (χ4n) is 10.5. The number of aryl methyl sites for hydroxylation is 1. The first-order chi connectivity index (χ1) is 34.8. The molecule has 2 aromatic heterocycles. The summed E-state index contributed by atoms with van der Waals surface area (Å²) in [6, 6.07) is 15.1. The number of fused-ring (bicyclic) bond motifs is 1. The molecule has 1 saturated carbocycles. The quantitative estimate of drug-likeness (QED) is 0.0887. The number of alkyl halides is 3. The van der Waals surface area contributed by atoms with Gasteiger partial charge in [0.2, 0.25) is 17.7 Å². The molecule has 10 rings (SSSR count). The van der Waals surface area contributed by atoms with Gasteiger partial charge in [0.15, 0.2) is 5.82 Å². The van der Waals surface area contributed by atoms with Crippen LogP contribution in [0.5, 0.6) is 0 Å². The van der Waals surface area contributed by atoms with Gasteiger partial charge >= 0.3 is 6.18 Å². The molecule has 0 bridgehead atoms. The van der Waals surface area contributed by atoms with E-state index in [1.54, 1.807) is 10.9 Å². The Hall–Kier alpha value is -6.80. The number of ketones is 1. The maximum Gasteiger partial charge on any atom is 0.401 e. The summed E-state index contributed by atoms with van der Waals surface area (Å²) in [7, 11) is 0. The number of aromatic nitrogens is 5. The predicted molar refractivity (Wildman–Crippen MR) is 259 cm³/mol. The lowest BCUT2D eigenvalue weighted by atomic mass is 9.92. The number of hydrogen-bond donors (Lipinski definition) is 2. The van der Waals surface area contributed by atoms with Crippen molar-refractivity contribution >= 4 is 52.6 Å². The molecule has 4 fully saturated rings. The molecule has 5 amide bonds. The van der Waals surface area contributed by atoms with E-state index in [2.05, 4.69) is 30.5 Å².